The maximum absolute atomic E-state index is 12.7. The summed E-state index contributed by atoms with van der Waals surface area (Å²) in [5.41, 5.74) is 4.10. The van der Waals surface area contributed by atoms with Gasteiger partial charge in [-0.25, -0.2) is 0 Å². The maximum Gasteiger partial charge on any atom is 0.220 e. The summed E-state index contributed by atoms with van der Waals surface area (Å²) in [5.74, 6) is 2.48. The minimum Gasteiger partial charge on any atom is -0.497 e. The molecule has 2 aromatic rings. The predicted octanol–water partition coefficient (Wildman–Crippen LogP) is 5.77. The molecule has 3 unspecified atom stereocenters. The second-order valence-electron chi connectivity index (χ2n) is 10.8. The first-order valence-electron chi connectivity index (χ1n) is 13.7. The fourth-order valence-corrected chi connectivity index (χ4v) is 6.18. The fourth-order valence-electron chi connectivity index (χ4n) is 6.18. The van der Waals surface area contributed by atoms with E-state index >= 15 is 0 Å². The van der Waals surface area contributed by atoms with E-state index in [1.165, 1.54) is 36.1 Å². The van der Waals surface area contributed by atoms with Crippen molar-refractivity contribution in [3.8, 4) is 5.75 Å². The number of benzene rings is 2. The molecule has 0 aromatic heterocycles. The summed E-state index contributed by atoms with van der Waals surface area (Å²) in [6.07, 6.45) is 7.23. The van der Waals surface area contributed by atoms with Gasteiger partial charge in [0.2, 0.25) is 5.91 Å². The van der Waals surface area contributed by atoms with Crippen LogP contribution >= 0.6 is 0 Å². The van der Waals surface area contributed by atoms with Crippen molar-refractivity contribution >= 4 is 5.91 Å². The van der Waals surface area contributed by atoms with Crippen molar-refractivity contribution in [1.82, 2.24) is 10.2 Å². The molecule has 3 atom stereocenters. The van der Waals surface area contributed by atoms with Crippen molar-refractivity contribution in [2.45, 2.75) is 77.2 Å². The summed E-state index contributed by atoms with van der Waals surface area (Å²) in [5, 5.41) is 3.27. The van der Waals surface area contributed by atoms with Crippen molar-refractivity contribution in [2.75, 3.05) is 26.7 Å². The summed E-state index contributed by atoms with van der Waals surface area (Å²) in [6, 6.07) is 17.4. The molecule has 1 aliphatic heterocycles. The molecule has 2 fully saturated rings. The van der Waals surface area contributed by atoms with Gasteiger partial charge in [-0.15, -0.1) is 0 Å². The van der Waals surface area contributed by atoms with Gasteiger partial charge in [-0.1, -0.05) is 50.2 Å². The molecule has 1 saturated carbocycles. The molecular formula is C31H44N2O2. The van der Waals surface area contributed by atoms with Crippen LogP contribution in [0.5, 0.6) is 5.75 Å². The lowest BCUT2D eigenvalue weighted by atomic mass is 9.61. The van der Waals surface area contributed by atoms with Crippen LogP contribution in [0.25, 0.3) is 0 Å². The molecule has 0 bridgehead atoms. The Morgan fingerprint density at radius 1 is 1.14 bits per heavy atom. The smallest absolute Gasteiger partial charge is 0.220 e. The molecule has 0 spiro atoms. The van der Waals surface area contributed by atoms with Crippen LogP contribution in [0, 0.1) is 11.8 Å². The van der Waals surface area contributed by atoms with Gasteiger partial charge in [0.05, 0.1) is 7.11 Å². The topological polar surface area (TPSA) is 41.6 Å². The van der Waals surface area contributed by atoms with Crippen LogP contribution in [0.4, 0.5) is 0 Å². The number of hydrogen-bond acceptors (Lipinski definition) is 3. The van der Waals surface area contributed by atoms with E-state index in [0.717, 1.165) is 43.9 Å². The molecule has 190 valence electrons. The standard InChI is InChI=1S/C31H44N2O2/c1-5-27-14-15-28(35-4)21-29(27)31(18-20-33(22-26-11-12-26)24(3)23(31)2)17-19-32-30(34)16-13-25-9-7-6-8-10-25/h6-10,14-15,21,23-24,26H,5,11-13,16-20,22H2,1-4H3,(H,32,34). The number of nitrogens with zero attached hydrogens (tertiary/aromatic N) is 1. The molecule has 1 heterocycles. The molecule has 1 aliphatic carbocycles. The van der Waals surface area contributed by atoms with Crippen molar-refractivity contribution in [1.29, 1.82) is 0 Å². The van der Waals surface area contributed by atoms with E-state index in [-0.39, 0.29) is 11.3 Å². The lowest BCUT2D eigenvalue weighted by molar-refractivity contribution is -0.121. The number of ether oxygens (including phenoxy) is 1. The number of aryl methyl sites for hydroxylation is 2. The second kappa shape index (κ2) is 11.6. The third-order valence-electron chi connectivity index (χ3n) is 8.82. The Morgan fingerprint density at radius 3 is 2.60 bits per heavy atom. The van der Waals surface area contributed by atoms with E-state index in [4.69, 9.17) is 4.74 Å². The highest BCUT2D eigenvalue weighted by atomic mass is 16.5. The third kappa shape index (κ3) is 6.09. The molecule has 2 aliphatic rings. The van der Waals surface area contributed by atoms with Crippen LogP contribution in [0.15, 0.2) is 48.5 Å². The number of amides is 1. The van der Waals surface area contributed by atoms with E-state index in [0.29, 0.717) is 24.9 Å². The zero-order chi connectivity index (χ0) is 24.8. The van der Waals surface area contributed by atoms with Crippen LogP contribution in [0.3, 0.4) is 0 Å². The van der Waals surface area contributed by atoms with Crippen LogP contribution in [-0.2, 0) is 23.1 Å². The number of rotatable bonds is 11. The molecule has 0 radical (unpaired) electrons. The summed E-state index contributed by atoms with van der Waals surface area (Å²) in [6.45, 7) is 10.2. The van der Waals surface area contributed by atoms with Gasteiger partial charge in [0, 0.05) is 31.0 Å². The quantitative estimate of drug-likeness (QED) is 0.447. The van der Waals surface area contributed by atoms with Crippen LogP contribution < -0.4 is 10.1 Å². The number of piperidine rings is 1. The van der Waals surface area contributed by atoms with Crippen LogP contribution in [0.1, 0.15) is 69.6 Å². The number of nitrogens with one attached hydrogen (secondary N) is 1. The number of hydrogen-bond donors (Lipinski definition) is 1. The second-order valence-corrected chi connectivity index (χ2v) is 10.8. The number of carbonyl (C=O) groups is 1. The Balaban J connectivity index is 1.50. The Labute approximate surface area is 212 Å². The first kappa shape index (κ1) is 25.8. The summed E-state index contributed by atoms with van der Waals surface area (Å²) < 4.78 is 5.67. The normalized spacial score (nSPS) is 24.8. The number of likely N-dealkylation sites (tertiary alicyclic amines) is 1. The zero-order valence-electron chi connectivity index (χ0n) is 22.2. The Bertz CT molecular complexity index is 971. The molecule has 2 aromatic carbocycles. The van der Waals surface area contributed by atoms with Gasteiger partial charge in [0.1, 0.15) is 5.75 Å². The van der Waals surface area contributed by atoms with E-state index in [1.807, 2.05) is 18.2 Å². The van der Waals surface area contributed by atoms with Crippen molar-refractivity contribution in [3.05, 3.63) is 65.2 Å². The molecule has 4 nitrogen and oxygen atoms in total. The van der Waals surface area contributed by atoms with Gasteiger partial charge < -0.3 is 15.0 Å². The molecule has 1 N–H and O–H groups in total. The highest BCUT2D eigenvalue weighted by molar-refractivity contribution is 5.76. The molecule has 1 saturated heterocycles. The molecular weight excluding hydrogens is 432 g/mol. The molecule has 4 rings (SSSR count). The van der Waals surface area contributed by atoms with Gasteiger partial charge in [-0.2, -0.15) is 0 Å². The van der Waals surface area contributed by atoms with Gasteiger partial charge in [-0.05, 0) is 92.7 Å². The minimum atomic E-state index is 0.0338. The first-order valence-corrected chi connectivity index (χ1v) is 13.7. The summed E-state index contributed by atoms with van der Waals surface area (Å²) in [7, 11) is 1.76. The number of methoxy groups -OCH3 is 1. The summed E-state index contributed by atoms with van der Waals surface area (Å²) >= 11 is 0. The van der Waals surface area contributed by atoms with E-state index in [9.17, 15) is 4.79 Å². The highest BCUT2D eigenvalue weighted by Crippen LogP contribution is 2.48. The SMILES string of the molecule is CCc1ccc(OC)cc1C1(CCNC(=O)CCc2ccccc2)CCN(CC2CC2)C(C)C1C. The molecule has 35 heavy (non-hydrogen) atoms. The molecule has 4 heteroatoms. The van der Waals surface area contributed by atoms with Gasteiger partial charge in [0.15, 0.2) is 0 Å². The monoisotopic (exact) mass is 476 g/mol. The predicted molar refractivity (Wildman–Crippen MR) is 144 cm³/mol. The van der Waals surface area contributed by atoms with Crippen molar-refractivity contribution < 1.29 is 9.53 Å². The van der Waals surface area contributed by atoms with E-state index in [1.54, 1.807) is 7.11 Å². The lowest BCUT2D eigenvalue weighted by Crippen LogP contribution is -2.55. The van der Waals surface area contributed by atoms with Gasteiger partial charge >= 0.3 is 0 Å². The average molecular weight is 477 g/mol. The Kier molecular flexibility index (Phi) is 8.54. The average Bonchev–Trinajstić information content (AvgIpc) is 3.71. The Hall–Kier alpha value is -2.33. The largest absolute Gasteiger partial charge is 0.497 e. The van der Waals surface area contributed by atoms with Gasteiger partial charge in [-0.3, -0.25) is 4.79 Å². The van der Waals surface area contributed by atoms with Gasteiger partial charge in [0.25, 0.3) is 0 Å². The van der Waals surface area contributed by atoms with E-state index < -0.39 is 0 Å². The first-order chi connectivity index (χ1) is 17.0. The zero-order valence-corrected chi connectivity index (χ0v) is 22.2. The summed E-state index contributed by atoms with van der Waals surface area (Å²) in [4.78, 5) is 15.4. The maximum atomic E-state index is 12.7. The minimum absolute atomic E-state index is 0.0338. The fraction of sp³-hybridized carbons (Fsp3) is 0.581. The Morgan fingerprint density at radius 2 is 1.91 bits per heavy atom. The number of carbonyl (C=O) groups excluding carboxylic acids is 1. The third-order valence-corrected chi connectivity index (χ3v) is 8.82. The van der Waals surface area contributed by atoms with Crippen molar-refractivity contribution in [2.24, 2.45) is 11.8 Å². The molecule has 1 amide bonds. The van der Waals surface area contributed by atoms with Crippen LogP contribution in [-0.4, -0.2) is 43.6 Å². The lowest BCUT2D eigenvalue weighted by Gasteiger charge is -2.52. The van der Waals surface area contributed by atoms with Crippen LogP contribution in [0.2, 0.25) is 0 Å². The van der Waals surface area contributed by atoms with E-state index in [2.05, 4.69) is 61.3 Å². The van der Waals surface area contributed by atoms with Crippen molar-refractivity contribution in [3.63, 3.8) is 0 Å². The highest BCUT2D eigenvalue weighted by Gasteiger charge is 2.47.